The minimum Gasteiger partial charge on any atom is -0.465 e. The van der Waals surface area contributed by atoms with Crippen LogP contribution in [0, 0.1) is 6.92 Å². The van der Waals surface area contributed by atoms with E-state index in [-0.39, 0.29) is 24.5 Å². The number of methoxy groups -OCH3 is 1. The van der Waals surface area contributed by atoms with Crippen molar-refractivity contribution in [3.63, 3.8) is 0 Å². The van der Waals surface area contributed by atoms with E-state index >= 15 is 0 Å². The maximum Gasteiger partial charge on any atom is 0.365 e. The van der Waals surface area contributed by atoms with Gasteiger partial charge in [-0.05, 0) is 30.2 Å². The van der Waals surface area contributed by atoms with Gasteiger partial charge in [0.15, 0.2) is 12.6 Å². The van der Waals surface area contributed by atoms with E-state index < -0.39 is 0 Å². The van der Waals surface area contributed by atoms with Crippen molar-refractivity contribution in [2.45, 2.75) is 25.9 Å². The monoisotopic (exact) mass is 417 g/mol. The fourth-order valence-electron chi connectivity index (χ4n) is 3.32. The first-order valence-electron chi connectivity index (χ1n) is 8.53. The normalized spacial score (nSPS) is 18.7. The van der Waals surface area contributed by atoms with E-state index in [4.69, 9.17) is 4.74 Å². The van der Waals surface area contributed by atoms with Crippen molar-refractivity contribution in [2.75, 3.05) is 19.0 Å². The van der Waals surface area contributed by atoms with Crippen LogP contribution >= 0.6 is 15.9 Å². The highest BCUT2D eigenvalue weighted by Gasteiger charge is 2.37. The predicted molar refractivity (Wildman–Crippen MR) is 103 cm³/mol. The van der Waals surface area contributed by atoms with Crippen LogP contribution in [0.2, 0.25) is 0 Å². The average Bonchev–Trinajstić information content (AvgIpc) is 2.63. The van der Waals surface area contributed by atoms with Crippen molar-refractivity contribution in [2.24, 2.45) is 0 Å². The molecule has 0 saturated heterocycles. The summed E-state index contributed by atoms with van der Waals surface area (Å²) in [5.74, 6) is -0.399. The number of aryl methyl sites for hydroxylation is 1. The molecule has 1 unspecified atom stereocenters. The van der Waals surface area contributed by atoms with E-state index in [1.807, 2.05) is 43.3 Å². The molecule has 3 rings (SSSR count). The van der Waals surface area contributed by atoms with Crippen LogP contribution in [-0.4, -0.2) is 31.6 Å². The Morgan fingerprint density at radius 2 is 1.96 bits per heavy atom. The first-order chi connectivity index (χ1) is 12.5. The molecule has 0 saturated carbocycles. The molecular formula is C20H22BrN2O3+. The second-order valence-corrected chi connectivity index (χ2v) is 7.43. The first-order valence-corrected chi connectivity index (χ1v) is 9.32. The predicted octanol–water partition coefficient (Wildman–Crippen LogP) is 1.88. The van der Waals surface area contributed by atoms with Crippen molar-refractivity contribution < 1.29 is 19.2 Å². The van der Waals surface area contributed by atoms with E-state index in [0.29, 0.717) is 13.0 Å². The van der Waals surface area contributed by atoms with Gasteiger partial charge in [-0.15, -0.1) is 0 Å². The lowest BCUT2D eigenvalue weighted by molar-refractivity contribution is -0.924. The largest absolute Gasteiger partial charge is 0.465 e. The van der Waals surface area contributed by atoms with Gasteiger partial charge < -0.3 is 15.0 Å². The van der Waals surface area contributed by atoms with E-state index in [1.165, 1.54) is 12.7 Å². The molecule has 2 aromatic carbocycles. The van der Waals surface area contributed by atoms with Crippen molar-refractivity contribution in [3.05, 3.63) is 63.6 Å². The third-order valence-electron chi connectivity index (χ3n) is 4.78. The van der Waals surface area contributed by atoms with Gasteiger partial charge in [-0.1, -0.05) is 46.3 Å². The van der Waals surface area contributed by atoms with Crippen molar-refractivity contribution in [3.8, 4) is 0 Å². The highest BCUT2D eigenvalue weighted by atomic mass is 79.9. The number of amides is 1. The zero-order chi connectivity index (χ0) is 18.7. The van der Waals surface area contributed by atoms with E-state index in [9.17, 15) is 9.59 Å². The summed E-state index contributed by atoms with van der Waals surface area (Å²) in [5.41, 5.74) is 4.16. The number of ether oxygens (including phenoxy) is 1. The molecule has 26 heavy (non-hydrogen) atoms. The van der Waals surface area contributed by atoms with Gasteiger partial charge in [0.2, 0.25) is 0 Å². The number of halogens is 1. The fraction of sp³-hybridized carbons (Fsp3) is 0.300. The third kappa shape index (κ3) is 4.14. The Morgan fingerprint density at radius 1 is 1.23 bits per heavy atom. The average molecular weight is 418 g/mol. The summed E-state index contributed by atoms with van der Waals surface area (Å²) < 4.78 is 5.91. The number of carbonyl (C=O) groups excluding carboxylic acids is 2. The molecule has 1 aliphatic rings. The summed E-state index contributed by atoms with van der Waals surface area (Å²) in [4.78, 5) is 25.7. The zero-order valence-electron chi connectivity index (χ0n) is 14.8. The van der Waals surface area contributed by atoms with Crippen LogP contribution in [0.1, 0.15) is 16.7 Å². The second kappa shape index (κ2) is 8.01. The minimum atomic E-state index is -0.370. The van der Waals surface area contributed by atoms with Crippen LogP contribution < -0.4 is 10.2 Å². The zero-order valence-corrected chi connectivity index (χ0v) is 16.4. The van der Waals surface area contributed by atoms with Gasteiger partial charge in [0.05, 0.1) is 7.11 Å². The van der Waals surface area contributed by atoms with Gasteiger partial charge in [0, 0.05) is 22.1 Å². The van der Waals surface area contributed by atoms with Crippen molar-refractivity contribution in [1.82, 2.24) is 0 Å². The number of esters is 1. The molecular weight excluding hydrogens is 396 g/mol. The van der Waals surface area contributed by atoms with Gasteiger partial charge >= 0.3 is 5.97 Å². The van der Waals surface area contributed by atoms with Crippen LogP contribution in [0.5, 0.6) is 0 Å². The highest BCUT2D eigenvalue weighted by molar-refractivity contribution is 9.10. The van der Waals surface area contributed by atoms with Gasteiger partial charge in [-0.25, -0.2) is 4.79 Å². The second-order valence-electron chi connectivity index (χ2n) is 6.57. The molecule has 136 valence electrons. The number of hydrogen-bond acceptors (Lipinski definition) is 3. The Bertz CT molecular complexity index is 838. The summed E-state index contributed by atoms with van der Waals surface area (Å²) >= 11 is 3.47. The summed E-state index contributed by atoms with van der Waals surface area (Å²) in [6.45, 7) is 2.83. The van der Waals surface area contributed by atoms with Crippen molar-refractivity contribution >= 4 is 33.5 Å². The Labute approximate surface area is 161 Å². The molecule has 1 heterocycles. The third-order valence-corrected chi connectivity index (χ3v) is 5.64. The topological polar surface area (TPSA) is 59.8 Å². The lowest BCUT2D eigenvalue weighted by atomic mass is 9.94. The van der Waals surface area contributed by atoms with E-state index in [2.05, 4.69) is 27.3 Å². The van der Waals surface area contributed by atoms with Crippen molar-refractivity contribution in [1.29, 1.82) is 0 Å². The number of benzene rings is 2. The van der Waals surface area contributed by atoms with Crippen LogP contribution in [0.3, 0.4) is 0 Å². The SMILES string of the molecule is COC(=O)[C@@H]1Cc2ccccc2C[NH+]1CC(=O)Nc1ccc(C)c(Br)c1. The molecule has 2 aromatic rings. The fourth-order valence-corrected chi connectivity index (χ4v) is 3.70. The van der Waals surface area contributed by atoms with Gasteiger partial charge in [-0.2, -0.15) is 0 Å². The van der Waals surface area contributed by atoms with Crippen LogP contribution in [0.4, 0.5) is 5.69 Å². The number of rotatable bonds is 4. The highest BCUT2D eigenvalue weighted by Crippen LogP contribution is 2.20. The molecule has 0 radical (unpaired) electrons. The number of carbonyl (C=O) groups is 2. The van der Waals surface area contributed by atoms with Gasteiger partial charge in [0.25, 0.3) is 5.91 Å². The molecule has 5 nitrogen and oxygen atoms in total. The Hall–Kier alpha value is -2.18. The minimum absolute atomic E-state index is 0.121. The molecule has 1 aliphatic heterocycles. The smallest absolute Gasteiger partial charge is 0.365 e. The molecule has 1 amide bonds. The maximum absolute atomic E-state index is 12.5. The van der Waals surface area contributed by atoms with Crippen LogP contribution in [0.25, 0.3) is 0 Å². The Kier molecular flexibility index (Phi) is 5.74. The number of anilines is 1. The molecule has 0 aliphatic carbocycles. The molecule has 6 heteroatoms. The number of nitrogens with one attached hydrogen (secondary N) is 2. The summed E-state index contributed by atoms with van der Waals surface area (Å²) in [6, 6.07) is 13.4. The van der Waals surface area contributed by atoms with E-state index in [0.717, 1.165) is 26.2 Å². The van der Waals surface area contributed by atoms with Crippen LogP contribution in [-0.2, 0) is 27.3 Å². The summed E-state index contributed by atoms with van der Waals surface area (Å²) in [7, 11) is 1.39. The van der Waals surface area contributed by atoms with Gasteiger partial charge in [0.1, 0.15) is 6.54 Å². The number of hydrogen-bond donors (Lipinski definition) is 2. The Morgan fingerprint density at radius 3 is 2.65 bits per heavy atom. The number of quaternary nitrogens is 1. The Balaban J connectivity index is 1.74. The quantitative estimate of drug-likeness (QED) is 0.746. The van der Waals surface area contributed by atoms with Crippen LogP contribution in [0.15, 0.2) is 46.9 Å². The summed E-state index contributed by atoms with van der Waals surface area (Å²) in [5, 5.41) is 2.92. The molecule has 2 N–H and O–H groups in total. The summed E-state index contributed by atoms with van der Waals surface area (Å²) in [6.07, 6.45) is 0.585. The molecule has 2 atom stereocenters. The molecule has 0 spiro atoms. The lowest BCUT2D eigenvalue weighted by Gasteiger charge is -2.31. The lowest BCUT2D eigenvalue weighted by Crippen LogP contribution is -3.17. The molecule has 0 bridgehead atoms. The van der Waals surface area contributed by atoms with Gasteiger partial charge in [-0.3, -0.25) is 4.79 Å². The number of fused-ring (bicyclic) bond motifs is 1. The molecule has 0 aromatic heterocycles. The van der Waals surface area contributed by atoms with E-state index in [1.54, 1.807) is 0 Å². The first kappa shape index (κ1) is 18.6. The maximum atomic E-state index is 12.5. The molecule has 0 fully saturated rings. The standard InChI is InChI=1S/C20H21BrN2O3/c1-13-7-8-16(10-17(13)21)22-19(24)12-23-11-15-6-4-3-5-14(15)9-18(23)20(25)26-2/h3-8,10,18H,9,11-12H2,1-2H3,(H,22,24)/p+1/t18-/m0/s1.